The Morgan fingerprint density at radius 3 is 2.41 bits per heavy atom. The Morgan fingerprint density at radius 2 is 1.90 bits per heavy atom. The number of aromatic nitrogens is 1. The predicted octanol–water partition coefficient (Wildman–Crippen LogP) is 3.08. The second-order valence-corrected chi connectivity index (χ2v) is 10.2. The normalized spacial score (nSPS) is 12.6. The van der Waals surface area contributed by atoms with Gasteiger partial charge in [-0.1, -0.05) is 12.1 Å². The van der Waals surface area contributed by atoms with Gasteiger partial charge in [0.25, 0.3) is 0 Å². The highest BCUT2D eigenvalue weighted by molar-refractivity contribution is 7.89. The number of hydrogen-bond donors (Lipinski definition) is 1. The van der Waals surface area contributed by atoms with E-state index in [0.29, 0.717) is 18.0 Å². The molecule has 0 aliphatic heterocycles. The number of nitrogens with zero attached hydrogens (tertiary/aromatic N) is 4. The Balaban J connectivity index is 2.10. The van der Waals surface area contributed by atoms with E-state index in [9.17, 15) is 8.42 Å². The van der Waals surface area contributed by atoms with Gasteiger partial charge in [0.05, 0.1) is 28.7 Å². The summed E-state index contributed by atoms with van der Waals surface area (Å²) in [5, 5.41) is 6.40. The van der Waals surface area contributed by atoms with Crippen LogP contribution in [0.3, 0.4) is 0 Å². The zero-order valence-electron chi connectivity index (χ0n) is 18.0. The quantitative estimate of drug-likeness (QED) is 0.507. The largest absolute Gasteiger partial charge is 0.357 e. The molecule has 0 spiro atoms. The molecule has 0 amide bonds. The van der Waals surface area contributed by atoms with E-state index < -0.39 is 10.0 Å². The molecule has 2 rings (SSSR count). The Kier molecular flexibility index (Phi) is 8.18. The van der Waals surface area contributed by atoms with Crippen LogP contribution in [0.25, 0.3) is 0 Å². The van der Waals surface area contributed by atoms with Gasteiger partial charge < -0.3 is 10.2 Å². The summed E-state index contributed by atoms with van der Waals surface area (Å²) in [7, 11) is 0.108. The Morgan fingerprint density at radius 1 is 1.24 bits per heavy atom. The van der Waals surface area contributed by atoms with E-state index in [1.165, 1.54) is 4.31 Å². The van der Waals surface area contributed by atoms with Crippen molar-refractivity contribution in [2.45, 2.75) is 51.7 Å². The van der Waals surface area contributed by atoms with Crippen molar-refractivity contribution in [2.75, 3.05) is 20.6 Å². The third-order valence-corrected chi connectivity index (χ3v) is 7.37. The molecular weight excluding hydrogens is 406 g/mol. The second kappa shape index (κ2) is 10.2. The van der Waals surface area contributed by atoms with E-state index in [4.69, 9.17) is 0 Å². The summed E-state index contributed by atoms with van der Waals surface area (Å²) in [5.41, 5.74) is 1.97. The maximum atomic E-state index is 12.6. The maximum Gasteiger partial charge on any atom is 0.243 e. The van der Waals surface area contributed by atoms with Gasteiger partial charge in [-0.2, -0.15) is 4.31 Å². The van der Waals surface area contributed by atoms with Crippen LogP contribution in [-0.2, 0) is 23.1 Å². The van der Waals surface area contributed by atoms with Crippen LogP contribution in [0.2, 0.25) is 0 Å². The van der Waals surface area contributed by atoms with Crippen LogP contribution in [0, 0.1) is 6.92 Å². The first-order valence-corrected chi connectivity index (χ1v) is 11.9. The zero-order valence-corrected chi connectivity index (χ0v) is 19.6. The minimum atomic E-state index is -3.47. The topological polar surface area (TPSA) is 77.9 Å². The van der Waals surface area contributed by atoms with Crippen LogP contribution in [-0.4, -0.2) is 55.2 Å². The number of rotatable bonds is 8. The highest BCUT2D eigenvalue weighted by atomic mass is 32.2. The molecule has 0 saturated heterocycles. The number of aryl methyl sites for hydroxylation is 1. The average Bonchev–Trinajstić information content (AvgIpc) is 3.09. The molecule has 0 unspecified atom stereocenters. The van der Waals surface area contributed by atoms with E-state index in [0.717, 1.165) is 28.8 Å². The van der Waals surface area contributed by atoms with Crippen LogP contribution < -0.4 is 5.32 Å². The number of benzene rings is 1. The summed E-state index contributed by atoms with van der Waals surface area (Å²) in [4.78, 5) is 11.5. The molecular formula is C20H31N5O2S2. The third kappa shape index (κ3) is 6.25. The van der Waals surface area contributed by atoms with Gasteiger partial charge in [0.15, 0.2) is 5.96 Å². The first-order chi connectivity index (χ1) is 13.6. The molecule has 29 heavy (non-hydrogen) atoms. The minimum Gasteiger partial charge on any atom is -0.357 e. The number of sulfonamides is 1. The van der Waals surface area contributed by atoms with E-state index in [2.05, 4.69) is 20.7 Å². The summed E-state index contributed by atoms with van der Waals surface area (Å²) < 4.78 is 26.5. The Hall–Kier alpha value is -1.97. The molecule has 160 valence electrons. The second-order valence-electron chi connectivity index (χ2n) is 7.14. The summed E-state index contributed by atoms with van der Waals surface area (Å²) in [6.07, 6.45) is 0. The van der Waals surface area contributed by atoms with Gasteiger partial charge in [-0.3, -0.25) is 0 Å². The predicted molar refractivity (Wildman–Crippen MR) is 120 cm³/mol. The highest BCUT2D eigenvalue weighted by Crippen LogP contribution is 2.17. The molecule has 7 nitrogen and oxygen atoms in total. The van der Waals surface area contributed by atoms with Crippen LogP contribution in [0.1, 0.15) is 37.0 Å². The Labute approximate surface area is 178 Å². The minimum absolute atomic E-state index is 0.0935. The van der Waals surface area contributed by atoms with Crippen molar-refractivity contribution in [3.63, 3.8) is 0 Å². The van der Waals surface area contributed by atoms with Gasteiger partial charge in [-0.15, -0.1) is 11.3 Å². The van der Waals surface area contributed by atoms with Gasteiger partial charge in [-0.25, -0.2) is 18.4 Å². The number of guanidine groups is 1. The molecule has 2 aromatic rings. The van der Waals surface area contributed by atoms with Crippen LogP contribution >= 0.6 is 11.3 Å². The first kappa shape index (κ1) is 23.3. The van der Waals surface area contributed by atoms with E-state index in [1.807, 2.05) is 51.8 Å². The molecule has 1 heterocycles. The van der Waals surface area contributed by atoms with Crippen molar-refractivity contribution in [1.82, 2.24) is 19.5 Å². The van der Waals surface area contributed by atoms with Crippen molar-refractivity contribution in [3.8, 4) is 0 Å². The van der Waals surface area contributed by atoms with Gasteiger partial charge in [0.1, 0.15) is 0 Å². The zero-order chi connectivity index (χ0) is 21.6. The van der Waals surface area contributed by atoms with Crippen molar-refractivity contribution in [2.24, 2.45) is 4.99 Å². The molecule has 0 aliphatic carbocycles. The van der Waals surface area contributed by atoms with Crippen LogP contribution in [0.15, 0.2) is 39.5 Å². The fraction of sp³-hybridized carbons (Fsp3) is 0.500. The number of thiazole rings is 1. The fourth-order valence-corrected chi connectivity index (χ4v) is 4.62. The lowest BCUT2D eigenvalue weighted by atomic mass is 10.2. The summed E-state index contributed by atoms with van der Waals surface area (Å²) in [5.74, 6) is 0.786. The summed E-state index contributed by atoms with van der Waals surface area (Å²) in [6.45, 7) is 9.63. The van der Waals surface area contributed by atoms with Gasteiger partial charge in [0, 0.05) is 32.1 Å². The smallest absolute Gasteiger partial charge is 0.243 e. The molecule has 0 fully saturated rings. The molecule has 1 aromatic heterocycles. The monoisotopic (exact) mass is 437 g/mol. The number of hydrogen-bond acceptors (Lipinski definition) is 5. The number of nitrogens with one attached hydrogen (secondary N) is 1. The lowest BCUT2D eigenvalue weighted by molar-refractivity contribution is 0.410. The standard InChI is InChI=1S/C20H31N5O2S2/c1-7-21-20(24(5)13-18-14-28-16(4)23-18)22-12-17-8-10-19(11-9-17)29(26,27)25(6)15(2)3/h8-11,14-15H,7,12-13H2,1-6H3,(H,21,22). The number of aliphatic imine (C=N–C) groups is 1. The van der Waals surface area contributed by atoms with E-state index in [1.54, 1.807) is 30.5 Å². The van der Waals surface area contributed by atoms with Crippen molar-refractivity contribution in [1.29, 1.82) is 0 Å². The van der Waals surface area contributed by atoms with Crippen molar-refractivity contribution in [3.05, 3.63) is 45.9 Å². The van der Waals surface area contributed by atoms with Gasteiger partial charge in [0.2, 0.25) is 10.0 Å². The van der Waals surface area contributed by atoms with Gasteiger partial charge in [-0.05, 0) is 45.4 Å². The van der Waals surface area contributed by atoms with Crippen molar-refractivity contribution >= 4 is 27.3 Å². The fourth-order valence-electron chi connectivity index (χ4n) is 2.65. The molecule has 0 saturated carbocycles. The molecule has 0 atom stereocenters. The Bertz CT molecular complexity index is 921. The molecule has 0 radical (unpaired) electrons. The lowest BCUT2D eigenvalue weighted by Gasteiger charge is -2.21. The van der Waals surface area contributed by atoms with Crippen LogP contribution in [0.4, 0.5) is 0 Å². The van der Waals surface area contributed by atoms with E-state index >= 15 is 0 Å². The van der Waals surface area contributed by atoms with Crippen LogP contribution in [0.5, 0.6) is 0 Å². The molecule has 1 aromatic carbocycles. The van der Waals surface area contributed by atoms with Crippen molar-refractivity contribution < 1.29 is 8.42 Å². The molecule has 0 bridgehead atoms. The summed E-state index contributed by atoms with van der Waals surface area (Å²) >= 11 is 1.64. The SMILES string of the molecule is CCNC(=NCc1ccc(S(=O)(=O)N(C)C(C)C)cc1)N(C)Cc1csc(C)n1. The summed E-state index contributed by atoms with van der Waals surface area (Å²) in [6, 6.07) is 6.83. The average molecular weight is 438 g/mol. The lowest BCUT2D eigenvalue weighted by Crippen LogP contribution is -2.38. The molecule has 0 aliphatic rings. The first-order valence-electron chi connectivity index (χ1n) is 9.62. The molecule has 1 N–H and O–H groups in total. The molecule has 9 heteroatoms. The maximum absolute atomic E-state index is 12.6. The highest BCUT2D eigenvalue weighted by Gasteiger charge is 2.22. The van der Waals surface area contributed by atoms with Gasteiger partial charge >= 0.3 is 0 Å². The van der Waals surface area contributed by atoms with E-state index in [-0.39, 0.29) is 6.04 Å². The third-order valence-electron chi connectivity index (χ3n) is 4.50.